The van der Waals surface area contributed by atoms with Gasteiger partial charge in [-0.1, -0.05) is 55.4 Å². The summed E-state index contributed by atoms with van der Waals surface area (Å²) in [6.07, 6.45) is 2.83. The Hall–Kier alpha value is -0.0400. The van der Waals surface area contributed by atoms with Gasteiger partial charge < -0.3 is 4.90 Å². The summed E-state index contributed by atoms with van der Waals surface area (Å²) in [7, 11) is 0. The van der Waals surface area contributed by atoms with Crippen molar-refractivity contribution in [3.05, 3.63) is 0 Å². The highest BCUT2D eigenvalue weighted by Crippen LogP contribution is 2.16. The van der Waals surface area contributed by atoms with Crippen molar-refractivity contribution in [1.82, 2.24) is 4.90 Å². The molecule has 0 radical (unpaired) electrons. The molecule has 0 aromatic heterocycles. The Balaban J connectivity index is -0.000000245. The molecule has 1 saturated heterocycles. The zero-order valence-electron chi connectivity index (χ0n) is 13.4. The van der Waals surface area contributed by atoms with Crippen molar-refractivity contribution in [2.75, 3.05) is 13.1 Å². The summed E-state index contributed by atoms with van der Waals surface area (Å²) in [6, 6.07) is 0.794. The van der Waals surface area contributed by atoms with Crippen LogP contribution in [0.4, 0.5) is 0 Å². The van der Waals surface area contributed by atoms with Gasteiger partial charge in [-0.25, -0.2) is 0 Å². The maximum atomic E-state index is 2.60. The molecule has 1 nitrogen and oxygen atoms in total. The molecule has 1 unspecified atom stereocenters. The molecule has 0 aromatic carbocycles. The molecule has 0 spiro atoms. The largest absolute Gasteiger partial charge is 0.300 e. The van der Waals surface area contributed by atoms with Gasteiger partial charge in [-0.05, 0) is 38.8 Å². The first kappa shape index (κ1) is 21.3. The molecule has 1 heterocycles. The van der Waals surface area contributed by atoms with Crippen LogP contribution in [0.15, 0.2) is 0 Å². The maximum absolute atomic E-state index is 2.60. The van der Waals surface area contributed by atoms with Crippen molar-refractivity contribution in [1.29, 1.82) is 0 Å². The standard InChI is InChI=1S/C9H19N.3C2H6/c1-8(2)9(3)10-6-4-5-7-10;3*1-2/h8-9H,4-7H2,1-3H3;3*1-2H3. The van der Waals surface area contributed by atoms with Crippen LogP contribution in [0, 0.1) is 5.92 Å². The molecular weight excluding hydrogens is 194 g/mol. The minimum absolute atomic E-state index is 0.794. The number of nitrogens with zero attached hydrogens (tertiary/aromatic N) is 1. The Kier molecular flexibility index (Phi) is 23.1. The van der Waals surface area contributed by atoms with Gasteiger partial charge in [0.25, 0.3) is 0 Å². The van der Waals surface area contributed by atoms with Crippen LogP contribution in [0.5, 0.6) is 0 Å². The van der Waals surface area contributed by atoms with E-state index in [1.807, 2.05) is 41.5 Å². The van der Waals surface area contributed by atoms with Gasteiger partial charge >= 0.3 is 0 Å². The van der Waals surface area contributed by atoms with Crippen molar-refractivity contribution in [2.24, 2.45) is 5.92 Å². The van der Waals surface area contributed by atoms with Crippen LogP contribution in [-0.2, 0) is 0 Å². The van der Waals surface area contributed by atoms with Crippen molar-refractivity contribution in [2.45, 2.75) is 81.2 Å². The van der Waals surface area contributed by atoms with Gasteiger partial charge in [-0.15, -0.1) is 0 Å². The minimum Gasteiger partial charge on any atom is -0.300 e. The van der Waals surface area contributed by atoms with Gasteiger partial charge in [0.15, 0.2) is 0 Å². The van der Waals surface area contributed by atoms with Crippen LogP contribution in [0.25, 0.3) is 0 Å². The van der Waals surface area contributed by atoms with Crippen LogP contribution >= 0.6 is 0 Å². The van der Waals surface area contributed by atoms with E-state index in [9.17, 15) is 0 Å². The molecule has 0 saturated carbocycles. The van der Waals surface area contributed by atoms with E-state index in [0.717, 1.165) is 12.0 Å². The fourth-order valence-corrected chi connectivity index (χ4v) is 1.57. The third kappa shape index (κ3) is 10.5. The quantitative estimate of drug-likeness (QED) is 0.631. The fraction of sp³-hybridized carbons (Fsp3) is 1.00. The molecule has 0 amide bonds. The lowest BCUT2D eigenvalue weighted by atomic mass is 10.1. The minimum atomic E-state index is 0.794. The van der Waals surface area contributed by atoms with Crippen molar-refractivity contribution >= 4 is 0 Å². The molecule has 0 bridgehead atoms. The van der Waals surface area contributed by atoms with Crippen LogP contribution < -0.4 is 0 Å². The Labute approximate surface area is 106 Å². The van der Waals surface area contributed by atoms with Crippen LogP contribution in [0.1, 0.15) is 75.2 Å². The van der Waals surface area contributed by atoms with Gasteiger partial charge in [0.1, 0.15) is 0 Å². The zero-order chi connectivity index (χ0) is 13.6. The summed E-state index contributed by atoms with van der Waals surface area (Å²) in [4.78, 5) is 2.60. The Morgan fingerprint density at radius 3 is 1.25 bits per heavy atom. The Bertz CT molecular complexity index is 93.6. The smallest absolute Gasteiger partial charge is 0.00899 e. The number of rotatable bonds is 2. The second-order valence-corrected chi connectivity index (χ2v) is 3.73. The number of hydrogen-bond acceptors (Lipinski definition) is 1. The number of hydrogen-bond donors (Lipinski definition) is 0. The predicted octanol–water partition coefficient (Wildman–Crippen LogP) is 5.21. The average molecular weight is 231 g/mol. The van der Waals surface area contributed by atoms with Gasteiger partial charge in [0, 0.05) is 6.04 Å². The first-order valence-corrected chi connectivity index (χ1v) is 7.46. The molecule has 16 heavy (non-hydrogen) atoms. The molecule has 102 valence electrons. The van der Waals surface area contributed by atoms with Crippen molar-refractivity contribution in [3.8, 4) is 0 Å². The molecule has 1 rings (SSSR count). The molecule has 0 N–H and O–H groups in total. The highest BCUT2D eigenvalue weighted by atomic mass is 15.2. The summed E-state index contributed by atoms with van der Waals surface area (Å²) in [5.74, 6) is 0.818. The zero-order valence-corrected chi connectivity index (χ0v) is 13.4. The van der Waals surface area contributed by atoms with Crippen molar-refractivity contribution < 1.29 is 0 Å². The third-order valence-electron chi connectivity index (χ3n) is 2.68. The van der Waals surface area contributed by atoms with E-state index in [1.165, 1.54) is 25.9 Å². The fourth-order valence-electron chi connectivity index (χ4n) is 1.57. The summed E-state index contributed by atoms with van der Waals surface area (Å²) in [5, 5.41) is 0. The third-order valence-corrected chi connectivity index (χ3v) is 2.68. The predicted molar refractivity (Wildman–Crippen MR) is 79.2 cm³/mol. The SMILES string of the molecule is CC.CC.CC.CC(C)C(C)N1CCCC1. The first-order chi connectivity index (χ1) is 7.72. The normalized spacial score (nSPS) is 16.1. The van der Waals surface area contributed by atoms with E-state index < -0.39 is 0 Å². The van der Waals surface area contributed by atoms with E-state index >= 15 is 0 Å². The molecule has 1 fully saturated rings. The lowest BCUT2D eigenvalue weighted by molar-refractivity contribution is 0.208. The van der Waals surface area contributed by atoms with Gasteiger partial charge in [0.05, 0.1) is 0 Å². The second-order valence-electron chi connectivity index (χ2n) is 3.73. The van der Waals surface area contributed by atoms with E-state index in [-0.39, 0.29) is 0 Å². The highest BCUT2D eigenvalue weighted by Gasteiger charge is 2.19. The highest BCUT2D eigenvalue weighted by molar-refractivity contribution is 4.74. The first-order valence-electron chi connectivity index (χ1n) is 7.46. The molecular formula is C15H37N. The van der Waals surface area contributed by atoms with Gasteiger partial charge in [0.2, 0.25) is 0 Å². The monoisotopic (exact) mass is 231 g/mol. The molecule has 1 atom stereocenters. The van der Waals surface area contributed by atoms with Crippen LogP contribution in [0.3, 0.4) is 0 Å². The van der Waals surface area contributed by atoms with E-state index in [2.05, 4.69) is 25.7 Å². The maximum Gasteiger partial charge on any atom is 0.00899 e. The van der Waals surface area contributed by atoms with E-state index in [4.69, 9.17) is 0 Å². The molecule has 0 aromatic rings. The molecule has 0 aliphatic carbocycles. The van der Waals surface area contributed by atoms with E-state index in [0.29, 0.717) is 0 Å². The number of likely N-dealkylation sites (tertiary alicyclic amines) is 1. The van der Waals surface area contributed by atoms with Crippen LogP contribution in [0.2, 0.25) is 0 Å². The second kappa shape index (κ2) is 17.4. The Morgan fingerprint density at radius 2 is 1.00 bits per heavy atom. The summed E-state index contributed by atoms with van der Waals surface area (Å²) in [6.45, 7) is 21.6. The average Bonchev–Trinajstić information content (AvgIpc) is 2.89. The Morgan fingerprint density at radius 1 is 0.688 bits per heavy atom. The molecule has 1 aliphatic heterocycles. The van der Waals surface area contributed by atoms with Crippen LogP contribution in [-0.4, -0.2) is 24.0 Å². The van der Waals surface area contributed by atoms with Gasteiger partial charge in [-0.3, -0.25) is 0 Å². The van der Waals surface area contributed by atoms with Crippen molar-refractivity contribution in [3.63, 3.8) is 0 Å². The topological polar surface area (TPSA) is 3.24 Å². The molecule has 1 aliphatic rings. The van der Waals surface area contributed by atoms with E-state index in [1.54, 1.807) is 0 Å². The summed E-state index contributed by atoms with van der Waals surface area (Å²) in [5.41, 5.74) is 0. The lowest BCUT2D eigenvalue weighted by Gasteiger charge is -2.26. The van der Waals surface area contributed by atoms with Gasteiger partial charge in [-0.2, -0.15) is 0 Å². The summed E-state index contributed by atoms with van der Waals surface area (Å²) >= 11 is 0. The lowest BCUT2D eigenvalue weighted by Crippen LogP contribution is -2.33. The molecule has 1 heteroatoms. The summed E-state index contributed by atoms with van der Waals surface area (Å²) < 4.78 is 0.